The maximum atomic E-state index is 11.6. The second-order valence-electron chi connectivity index (χ2n) is 5.13. The van der Waals surface area contributed by atoms with Crippen molar-refractivity contribution in [3.05, 3.63) is 35.4 Å². The summed E-state index contributed by atoms with van der Waals surface area (Å²) in [5.74, 6) is 0. The van der Waals surface area contributed by atoms with Crippen LogP contribution in [0.4, 0.5) is 0 Å². The van der Waals surface area contributed by atoms with Gasteiger partial charge in [-0.2, -0.15) is 0 Å². The van der Waals surface area contributed by atoms with Gasteiger partial charge in [0.15, 0.2) is 9.84 Å². The Morgan fingerprint density at radius 1 is 1.25 bits per heavy atom. The first-order valence-corrected chi connectivity index (χ1v) is 8.56. The van der Waals surface area contributed by atoms with Crippen molar-refractivity contribution in [3.8, 4) is 0 Å². The topological polar surface area (TPSA) is 54.5 Å². The van der Waals surface area contributed by atoms with Gasteiger partial charge in [0, 0.05) is 24.1 Å². The van der Waals surface area contributed by atoms with Crippen molar-refractivity contribution in [2.24, 2.45) is 0 Å². The van der Waals surface area contributed by atoms with Crippen LogP contribution in [-0.4, -0.2) is 32.5 Å². The molecule has 20 heavy (non-hydrogen) atoms. The summed E-state index contributed by atoms with van der Waals surface area (Å²) in [5.41, 5.74) is 2.68. The fourth-order valence-electron chi connectivity index (χ4n) is 2.43. The van der Waals surface area contributed by atoms with E-state index in [2.05, 4.69) is 6.08 Å². The first-order chi connectivity index (χ1) is 9.43. The molecule has 1 aromatic rings. The van der Waals surface area contributed by atoms with Gasteiger partial charge in [-0.25, -0.2) is 8.42 Å². The van der Waals surface area contributed by atoms with E-state index in [-0.39, 0.29) is 0 Å². The molecule has 0 radical (unpaired) electrons. The van der Waals surface area contributed by atoms with Crippen LogP contribution in [0, 0.1) is 6.92 Å². The van der Waals surface area contributed by atoms with Crippen LogP contribution in [0.25, 0.3) is 5.70 Å². The fourth-order valence-corrected chi connectivity index (χ4v) is 3.14. The summed E-state index contributed by atoms with van der Waals surface area (Å²) < 4.78 is 23.1. The van der Waals surface area contributed by atoms with E-state index < -0.39 is 9.84 Å². The molecular weight excluding hydrogens is 274 g/mol. The van der Waals surface area contributed by atoms with Crippen LogP contribution in [-0.2, 0) is 14.6 Å². The number of aryl methyl sites for hydroxylation is 1. The van der Waals surface area contributed by atoms with Crippen molar-refractivity contribution in [2.45, 2.75) is 31.1 Å². The Bertz CT molecular complexity index is 647. The van der Waals surface area contributed by atoms with Crippen molar-refractivity contribution in [1.29, 1.82) is 0 Å². The number of nitrogens with zero attached hydrogens (tertiary/aromatic N) is 1. The van der Waals surface area contributed by atoms with Crippen LogP contribution in [0.1, 0.15) is 30.4 Å². The molecule has 1 aliphatic rings. The summed E-state index contributed by atoms with van der Waals surface area (Å²) in [5, 5.41) is 0. The molecule has 0 spiro atoms. The summed E-state index contributed by atoms with van der Waals surface area (Å²) in [6, 6.07) is 5.06. The van der Waals surface area contributed by atoms with Gasteiger partial charge in [0.1, 0.15) is 0 Å². The van der Waals surface area contributed by atoms with E-state index in [0.717, 1.165) is 42.5 Å². The molecule has 1 amide bonds. The van der Waals surface area contributed by atoms with Crippen LogP contribution < -0.4 is 0 Å². The number of rotatable bonds is 3. The lowest BCUT2D eigenvalue weighted by molar-refractivity contribution is -0.115. The first kappa shape index (κ1) is 14.8. The minimum Gasteiger partial charge on any atom is -0.315 e. The van der Waals surface area contributed by atoms with E-state index >= 15 is 0 Å². The summed E-state index contributed by atoms with van der Waals surface area (Å²) in [6.45, 7) is 2.58. The number of hydrogen-bond donors (Lipinski definition) is 0. The number of benzene rings is 1. The first-order valence-electron chi connectivity index (χ1n) is 6.66. The molecule has 0 aliphatic carbocycles. The predicted octanol–water partition coefficient (Wildman–Crippen LogP) is 2.38. The highest BCUT2D eigenvalue weighted by Gasteiger charge is 2.17. The van der Waals surface area contributed by atoms with Crippen LogP contribution in [0.5, 0.6) is 0 Å². The molecule has 2 rings (SSSR count). The number of amides is 1. The van der Waals surface area contributed by atoms with Crippen molar-refractivity contribution in [1.82, 2.24) is 4.90 Å². The van der Waals surface area contributed by atoms with Gasteiger partial charge >= 0.3 is 0 Å². The normalized spacial score (nSPS) is 16.5. The van der Waals surface area contributed by atoms with Crippen molar-refractivity contribution < 1.29 is 13.2 Å². The zero-order chi connectivity index (χ0) is 14.8. The van der Waals surface area contributed by atoms with Gasteiger partial charge in [-0.1, -0.05) is 12.1 Å². The molecule has 1 heterocycles. The number of carbonyl (C=O) groups is 1. The minimum absolute atomic E-state index is 0.311. The minimum atomic E-state index is -3.20. The Morgan fingerprint density at radius 3 is 2.60 bits per heavy atom. The van der Waals surface area contributed by atoms with Gasteiger partial charge in [-0.15, -0.1) is 0 Å². The van der Waals surface area contributed by atoms with E-state index in [0.29, 0.717) is 11.4 Å². The lowest BCUT2D eigenvalue weighted by Gasteiger charge is -2.21. The number of sulfone groups is 1. The molecule has 4 nitrogen and oxygen atoms in total. The van der Waals surface area contributed by atoms with Gasteiger partial charge in [0.05, 0.1) is 4.90 Å². The van der Waals surface area contributed by atoms with Crippen molar-refractivity contribution >= 4 is 21.9 Å². The monoisotopic (exact) mass is 293 g/mol. The predicted molar refractivity (Wildman–Crippen MR) is 78.9 cm³/mol. The van der Waals surface area contributed by atoms with Crippen LogP contribution in [0.2, 0.25) is 0 Å². The molecule has 0 N–H and O–H groups in total. The zero-order valence-corrected chi connectivity index (χ0v) is 12.6. The maximum Gasteiger partial charge on any atom is 0.214 e. The Morgan fingerprint density at radius 2 is 2.00 bits per heavy atom. The number of carbonyl (C=O) groups excluding carboxylic acids is 1. The van der Waals surface area contributed by atoms with E-state index in [1.165, 1.54) is 6.26 Å². The average Bonchev–Trinajstić information content (AvgIpc) is 2.62. The van der Waals surface area contributed by atoms with E-state index in [1.807, 2.05) is 6.92 Å². The largest absolute Gasteiger partial charge is 0.315 e. The molecule has 1 aromatic carbocycles. The fraction of sp³-hybridized carbons (Fsp3) is 0.400. The molecule has 0 unspecified atom stereocenters. The van der Waals surface area contributed by atoms with Gasteiger partial charge in [0.2, 0.25) is 6.41 Å². The number of allylic oxidation sites excluding steroid dienone is 1. The van der Waals surface area contributed by atoms with Gasteiger partial charge in [0.25, 0.3) is 0 Å². The Hall–Kier alpha value is -1.62. The van der Waals surface area contributed by atoms with Gasteiger partial charge < -0.3 is 4.90 Å². The quantitative estimate of drug-likeness (QED) is 0.804. The molecule has 1 aliphatic heterocycles. The highest BCUT2D eigenvalue weighted by atomic mass is 32.2. The molecule has 5 heteroatoms. The summed E-state index contributed by atoms with van der Waals surface area (Å²) in [7, 11) is -3.20. The third kappa shape index (κ3) is 3.10. The molecule has 0 atom stereocenters. The lowest BCUT2D eigenvalue weighted by atomic mass is 10.0. The lowest BCUT2D eigenvalue weighted by Crippen LogP contribution is -2.21. The molecule has 0 saturated carbocycles. The Balaban J connectivity index is 2.46. The van der Waals surface area contributed by atoms with E-state index in [9.17, 15) is 13.2 Å². The molecule has 108 valence electrons. The summed E-state index contributed by atoms with van der Waals surface area (Å²) in [6.07, 6.45) is 7.09. The Labute approximate surface area is 120 Å². The summed E-state index contributed by atoms with van der Waals surface area (Å²) in [4.78, 5) is 13.2. The standard InChI is InChI=1S/C15H19NO3S/c1-12-10-13(20(2,18)19)7-8-14(12)15-6-4-3-5-9-16(15)11-17/h6-8,10-11H,3-5,9H2,1-2H3. The van der Waals surface area contributed by atoms with Crippen LogP contribution >= 0.6 is 0 Å². The zero-order valence-electron chi connectivity index (χ0n) is 11.8. The second kappa shape index (κ2) is 5.79. The molecular formula is C15H19NO3S. The van der Waals surface area contributed by atoms with Gasteiger partial charge in [-0.3, -0.25) is 4.79 Å². The third-order valence-corrected chi connectivity index (χ3v) is 4.64. The van der Waals surface area contributed by atoms with Gasteiger partial charge in [-0.05, 0) is 43.9 Å². The average molecular weight is 293 g/mol. The van der Waals surface area contributed by atoms with Crippen LogP contribution in [0.3, 0.4) is 0 Å². The molecule has 0 bridgehead atoms. The van der Waals surface area contributed by atoms with Crippen molar-refractivity contribution in [3.63, 3.8) is 0 Å². The van der Waals surface area contributed by atoms with Crippen molar-refractivity contribution in [2.75, 3.05) is 12.8 Å². The van der Waals surface area contributed by atoms with Crippen LogP contribution in [0.15, 0.2) is 29.2 Å². The highest BCUT2D eigenvalue weighted by molar-refractivity contribution is 7.90. The molecule has 0 aromatic heterocycles. The summed E-state index contributed by atoms with van der Waals surface area (Å²) >= 11 is 0. The third-order valence-electron chi connectivity index (χ3n) is 3.53. The molecule has 0 saturated heterocycles. The van der Waals surface area contributed by atoms with E-state index in [1.54, 1.807) is 23.1 Å². The molecule has 0 fully saturated rings. The SMILES string of the molecule is Cc1cc(S(C)(=O)=O)ccc1C1=CCCCCN1C=O. The number of hydrogen-bond acceptors (Lipinski definition) is 3. The highest BCUT2D eigenvalue weighted by Crippen LogP contribution is 2.27. The maximum absolute atomic E-state index is 11.6. The van der Waals surface area contributed by atoms with E-state index in [4.69, 9.17) is 0 Å². The Kier molecular flexibility index (Phi) is 4.28. The second-order valence-corrected chi connectivity index (χ2v) is 7.15. The smallest absolute Gasteiger partial charge is 0.214 e.